The lowest BCUT2D eigenvalue weighted by Gasteiger charge is -2.46. The molecule has 0 aliphatic heterocycles. The van der Waals surface area contributed by atoms with Crippen LogP contribution < -0.4 is 10.6 Å². The van der Waals surface area contributed by atoms with E-state index in [0.29, 0.717) is 31.6 Å². The summed E-state index contributed by atoms with van der Waals surface area (Å²) in [4.78, 5) is 85.6. The van der Waals surface area contributed by atoms with Crippen LogP contribution in [0.15, 0.2) is 0 Å². The van der Waals surface area contributed by atoms with Crippen LogP contribution in [0.25, 0.3) is 0 Å². The number of nitrogens with one attached hydrogen (secondary N) is 2. The molecule has 0 spiro atoms. The van der Waals surface area contributed by atoms with Crippen molar-refractivity contribution in [2.24, 2.45) is 23.7 Å². The van der Waals surface area contributed by atoms with Gasteiger partial charge in [-0.1, -0.05) is 76.2 Å². The van der Waals surface area contributed by atoms with Gasteiger partial charge in [0.2, 0.25) is 29.5 Å². The first kappa shape index (κ1) is 48.2. The number of aldehydes is 1. The van der Waals surface area contributed by atoms with Crippen LogP contribution in [0, 0.1) is 23.7 Å². The van der Waals surface area contributed by atoms with Crippen molar-refractivity contribution in [2.75, 3.05) is 28.2 Å². The van der Waals surface area contributed by atoms with Crippen LogP contribution in [0.2, 0.25) is 18.1 Å². The highest BCUT2D eigenvalue weighted by Crippen LogP contribution is 2.39. The maximum Gasteiger partial charge on any atom is 0.246 e. The van der Waals surface area contributed by atoms with Crippen LogP contribution in [-0.2, 0) is 33.2 Å². The molecule has 2 N–H and O–H groups in total. The zero-order valence-corrected chi connectivity index (χ0v) is 36.0. The Balaban J connectivity index is 7.23. The first-order chi connectivity index (χ1) is 23.3. The first-order valence-electron chi connectivity index (χ1n) is 18.7. The van der Waals surface area contributed by atoms with Crippen molar-refractivity contribution in [3.63, 3.8) is 0 Å². The van der Waals surface area contributed by atoms with Crippen molar-refractivity contribution < 1.29 is 33.2 Å². The molecule has 1 unspecified atom stereocenters. The number of likely N-dealkylation sites (N-methyl/N-ethyl adjacent to an activating group) is 4. The minimum Gasteiger partial charge on any atom is -0.411 e. The van der Waals surface area contributed by atoms with Crippen LogP contribution >= 0.6 is 0 Å². The van der Waals surface area contributed by atoms with E-state index in [4.69, 9.17) is 4.43 Å². The molecule has 0 rings (SSSR count). The maximum atomic E-state index is 14.8. The summed E-state index contributed by atoms with van der Waals surface area (Å²) < 4.78 is 6.90. The third-order valence-electron chi connectivity index (χ3n) is 10.3. The first-order valence-corrected chi connectivity index (χ1v) is 21.6. The highest BCUT2D eigenvalue weighted by Gasteiger charge is 2.48. The molecule has 296 valence electrons. The highest BCUT2D eigenvalue weighted by atomic mass is 28.4. The average molecular weight is 740 g/mol. The van der Waals surface area contributed by atoms with E-state index in [2.05, 4.69) is 31.4 Å². The molecule has 12 nitrogen and oxygen atoms in total. The van der Waals surface area contributed by atoms with E-state index in [1.807, 2.05) is 61.6 Å². The van der Waals surface area contributed by atoms with Crippen LogP contribution in [0.3, 0.4) is 0 Å². The van der Waals surface area contributed by atoms with Gasteiger partial charge in [-0.15, -0.1) is 0 Å². The van der Waals surface area contributed by atoms with Gasteiger partial charge in [-0.2, -0.15) is 0 Å². The molecular formula is C38H73N5O7Si. The Kier molecular flexibility index (Phi) is 19.9. The zero-order chi connectivity index (χ0) is 40.2. The molecule has 5 amide bonds. The summed E-state index contributed by atoms with van der Waals surface area (Å²) in [6, 6.07) is -3.89. The van der Waals surface area contributed by atoms with Crippen LogP contribution in [-0.4, -0.2) is 117 Å². The van der Waals surface area contributed by atoms with Crippen molar-refractivity contribution in [1.82, 2.24) is 25.3 Å². The third-order valence-corrected chi connectivity index (χ3v) is 14.8. The van der Waals surface area contributed by atoms with Crippen LogP contribution in [0.1, 0.15) is 108 Å². The van der Waals surface area contributed by atoms with E-state index in [1.54, 1.807) is 21.0 Å². The van der Waals surface area contributed by atoms with Crippen molar-refractivity contribution in [2.45, 2.75) is 157 Å². The van der Waals surface area contributed by atoms with Crippen molar-refractivity contribution in [3.8, 4) is 0 Å². The second kappa shape index (κ2) is 21.0. The third kappa shape index (κ3) is 13.9. The quantitative estimate of drug-likeness (QED) is 0.126. The molecular weight excluding hydrogens is 667 g/mol. The standard InChI is InChI=1S/C38H73N5O7Si/c1-18-28(34(46)39-12)40-35(47)32(33(27(8)21-22-44)50-51(16,17)38(9,10)11)43(15)37(49)31(26(6)7)42(14)36(48)29(23-25(4)5)41(13)30(45)20-19-24(2)3/h22,24-29,31-33H,18-21,23H2,1-17H3,(H,39,46)(H,40,47)/t27-,28+,29+,31?,32+,33+/m1/s1. The predicted molar refractivity (Wildman–Crippen MR) is 206 cm³/mol. The summed E-state index contributed by atoms with van der Waals surface area (Å²) in [5.41, 5.74) is 0. The summed E-state index contributed by atoms with van der Waals surface area (Å²) in [5, 5.41) is 5.16. The lowest BCUT2D eigenvalue weighted by atomic mass is 9.92. The number of carbonyl (C=O) groups is 6. The number of rotatable bonds is 21. The van der Waals surface area contributed by atoms with Crippen LogP contribution in [0.4, 0.5) is 0 Å². The Labute approximate surface area is 310 Å². The van der Waals surface area contributed by atoms with Gasteiger partial charge in [0.15, 0.2) is 8.32 Å². The van der Waals surface area contributed by atoms with E-state index in [9.17, 15) is 28.8 Å². The molecule has 0 fully saturated rings. The number of carbonyl (C=O) groups excluding carboxylic acids is 6. The van der Waals surface area contributed by atoms with Gasteiger partial charge < -0.3 is 34.6 Å². The Bertz CT molecular complexity index is 1170. The molecule has 0 heterocycles. The molecule has 0 aliphatic carbocycles. The van der Waals surface area contributed by atoms with Crippen molar-refractivity contribution >= 4 is 44.1 Å². The fraction of sp³-hybridized carbons (Fsp3) is 0.842. The number of hydrogen-bond donors (Lipinski definition) is 2. The number of amides is 5. The van der Waals surface area contributed by atoms with E-state index < -0.39 is 56.3 Å². The Hall–Kier alpha value is -2.80. The number of nitrogens with zero attached hydrogens (tertiary/aromatic N) is 3. The van der Waals surface area contributed by atoms with Gasteiger partial charge >= 0.3 is 0 Å². The topological polar surface area (TPSA) is 145 Å². The highest BCUT2D eigenvalue weighted by molar-refractivity contribution is 6.74. The summed E-state index contributed by atoms with van der Waals surface area (Å²) >= 11 is 0. The van der Waals surface area contributed by atoms with Gasteiger partial charge in [0.25, 0.3) is 0 Å². The molecule has 0 radical (unpaired) electrons. The Morgan fingerprint density at radius 2 is 1.33 bits per heavy atom. The smallest absolute Gasteiger partial charge is 0.246 e. The summed E-state index contributed by atoms with van der Waals surface area (Å²) in [5.74, 6) is -2.38. The average Bonchev–Trinajstić information content (AvgIpc) is 3.02. The molecule has 51 heavy (non-hydrogen) atoms. The summed E-state index contributed by atoms with van der Waals surface area (Å²) in [6.45, 7) is 25.6. The second-order valence-corrected chi connectivity index (χ2v) is 21.7. The predicted octanol–water partition coefficient (Wildman–Crippen LogP) is 4.86. The lowest BCUT2D eigenvalue weighted by molar-refractivity contribution is -0.156. The molecule has 0 bridgehead atoms. The number of hydrogen-bond acceptors (Lipinski definition) is 7. The minimum atomic E-state index is -2.60. The fourth-order valence-corrected chi connectivity index (χ4v) is 7.27. The van der Waals surface area contributed by atoms with Gasteiger partial charge in [-0.3, -0.25) is 24.0 Å². The van der Waals surface area contributed by atoms with Crippen molar-refractivity contribution in [1.29, 1.82) is 0 Å². The molecule has 0 aliphatic rings. The maximum absolute atomic E-state index is 14.8. The van der Waals surface area contributed by atoms with Gasteiger partial charge in [-0.25, -0.2) is 0 Å². The lowest BCUT2D eigenvalue weighted by Crippen LogP contribution is -2.64. The largest absolute Gasteiger partial charge is 0.411 e. The molecule has 0 aromatic heterocycles. The molecule has 0 saturated heterocycles. The van der Waals surface area contributed by atoms with Gasteiger partial charge in [0, 0.05) is 41.0 Å². The van der Waals surface area contributed by atoms with Gasteiger partial charge in [-0.05, 0) is 61.1 Å². The van der Waals surface area contributed by atoms with Crippen molar-refractivity contribution in [3.05, 3.63) is 0 Å². The summed E-state index contributed by atoms with van der Waals surface area (Å²) in [7, 11) is 3.63. The van der Waals surface area contributed by atoms with Gasteiger partial charge in [0.05, 0.1) is 6.10 Å². The zero-order valence-electron chi connectivity index (χ0n) is 35.0. The minimum absolute atomic E-state index is 0.0812. The van der Waals surface area contributed by atoms with E-state index in [-0.39, 0.29) is 41.0 Å². The molecule has 6 atom stereocenters. The second-order valence-electron chi connectivity index (χ2n) is 16.9. The normalized spacial score (nSPS) is 15.8. The Morgan fingerprint density at radius 1 is 0.804 bits per heavy atom. The van der Waals surface area contributed by atoms with E-state index in [1.165, 1.54) is 28.8 Å². The monoisotopic (exact) mass is 740 g/mol. The van der Waals surface area contributed by atoms with E-state index in [0.717, 1.165) is 6.29 Å². The molecule has 0 aromatic carbocycles. The molecule has 0 saturated carbocycles. The van der Waals surface area contributed by atoms with Crippen LogP contribution in [0.5, 0.6) is 0 Å². The SMILES string of the molecule is CC[C@H](NC(=O)[C@H]([C@@H](O[Si](C)(C)C(C)(C)C)[C@H](C)CC=O)N(C)C(=O)C(C(C)C)N(C)C(=O)[C@H](CC(C)C)N(C)C(=O)CCC(C)C)C(=O)NC. The fourth-order valence-electron chi connectivity index (χ4n) is 5.87. The Morgan fingerprint density at radius 3 is 1.75 bits per heavy atom. The van der Waals surface area contributed by atoms with E-state index >= 15 is 0 Å². The summed E-state index contributed by atoms with van der Waals surface area (Å²) in [6.07, 6.45) is 1.69. The molecule has 13 heteroatoms. The molecule has 0 aromatic rings. The van der Waals surface area contributed by atoms with Gasteiger partial charge in [0.1, 0.15) is 30.5 Å².